The lowest BCUT2D eigenvalue weighted by Crippen LogP contribution is -2.30. The zero-order valence-corrected chi connectivity index (χ0v) is 48.9. The van der Waals surface area contributed by atoms with E-state index < -0.39 is 17.9 Å². The molecule has 430 valence electrons. The molecular formula is C65H74N6O9S2. The number of carbonyl (C=O) groups excluding carboxylic acids is 4. The van der Waals surface area contributed by atoms with Crippen LogP contribution in [-0.4, -0.2) is 72.6 Å². The van der Waals surface area contributed by atoms with E-state index >= 15 is 0 Å². The third-order valence-corrected chi connectivity index (χ3v) is 16.2. The van der Waals surface area contributed by atoms with Gasteiger partial charge in [-0.05, 0) is 160 Å². The molecule has 0 spiro atoms. The molecule has 8 rings (SSSR count). The van der Waals surface area contributed by atoms with Crippen molar-refractivity contribution in [2.45, 2.75) is 124 Å². The van der Waals surface area contributed by atoms with Crippen molar-refractivity contribution in [3.8, 4) is 34.1 Å². The molecule has 17 heteroatoms. The number of thiazole rings is 2. The zero-order chi connectivity index (χ0) is 57.5. The summed E-state index contributed by atoms with van der Waals surface area (Å²) in [6.07, 6.45) is 18.6. The lowest BCUT2D eigenvalue weighted by molar-refractivity contribution is -0.145. The van der Waals surface area contributed by atoms with E-state index in [1.165, 1.54) is 6.92 Å². The van der Waals surface area contributed by atoms with E-state index in [4.69, 9.17) is 43.9 Å². The molecular weight excluding hydrogens is 1070 g/mol. The van der Waals surface area contributed by atoms with E-state index in [0.717, 1.165) is 125 Å². The van der Waals surface area contributed by atoms with Crippen molar-refractivity contribution in [3.05, 3.63) is 133 Å². The Kier molecular flexibility index (Phi) is 23.1. The Morgan fingerprint density at radius 3 is 1.50 bits per heavy atom. The van der Waals surface area contributed by atoms with Gasteiger partial charge in [-0.3, -0.25) is 14.4 Å². The number of para-hydroxylation sites is 2. The summed E-state index contributed by atoms with van der Waals surface area (Å²) in [5.41, 5.74) is 4.72. The highest BCUT2D eigenvalue weighted by Crippen LogP contribution is 2.36. The van der Waals surface area contributed by atoms with Crippen LogP contribution in [0.2, 0.25) is 0 Å². The van der Waals surface area contributed by atoms with Gasteiger partial charge in [-0.2, -0.15) is 10.2 Å². The fraction of sp³-hybridized carbons (Fsp3) is 0.385. The van der Waals surface area contributed by atoms with Gasteiger partial charge < -0.3 is 23.7 Å². The topological polar surface area (TPSA) is 171 Å². The predicted molar refractivity (Wildman–Crippen MR) is 329 cm³/mol. The number of hydrazone groups is 2. The monoisotopic (exact) mass is 1150 g/mol. The normalized spacial score (nSPS) is 14.3. The van der Waals surface area contributed by atoms with Gasteiger partial charge in [0.25, 0.3) is 0 Å². The van der Waals surface area contributed by atoms with Crippen molar-refractivity contribution in [1.82, 2.24) is 9.97 Å². The number of hydrogen-bond donors (Lipinski definition) is 0. The maximum atomic E-state index is 14.1. The van der Waals surface area contributed by atoms with Crippen LogP contribution in [-0.2, 0) is 23.9 Å². The molecule has 0 amide bonds. The van der Waals surface area contributed by atoms with Crippen LogP contribution < -0.4 is 29.0 Å². The second kappa shape index (κ2) is 31.5. The van der Waals surface area contributed by atoms with E-state index in [-0.39, 0.29) is 17.9 Å². The van der Waals surface area contributed by atoms with Crippen molar-refractivity contribution < 1.29 is 42.9 Å². The van der Waals surface area contributed by atoms with Gasteiger partial charge in [0.05, 0.1) is 57.9 Å². The summed E-state index contributed by atoms with van der Waals surface area (Å²) in [7, 11) is 0. The van der Waals surface area contributed by atoms with Gasteiger partial charge in [0, 0.05) is 37.2 Å². The van der Waals surface area contributed by atoms with Crippen molar-refractivity contribution >= 4 is 89.7 Å². The molecule has 1 aliphatic carbocycles. The standard InChI is InChI=1S/C65H74N6O9S2/c1-5-8-10-18-38-70(64-68-57-22-14-16-24-59(57)81-64)66-44-49-42-53(78-46(4)72)34-36-55(49)56-37-35-54(43-50(56)45-67-71(39-19-11-9-6-2)65-69-58-23-15-17-25-60(58)82-65)80-63(75)48-28-26-47(27-29-48)62(74)79-52-32-30-51(31-33-52)76-40-20-12-13-21-41-77-61(73)7-3/h7,14-17,22-25,30-37,42-45,47-48H,3,5-6,8-13,18-21,26-29,38-41H2,1-2,4H3/b66-44+,67-45+. The number of nitrogens with zero attached hydrogens (tertiary/aromatic N) is 6. The summed E-state index contributed by atoms with van der Waals surface area (Å²) in [5.74, 6) is -0.494. The van der Waals surface area contributed by atoms with Gasteiger partial charge in [-0.1, -0.05) is 106 Å². The molecule has 0 atom stereocenters. The molecule has 2 heterocycles. The highest BCUT2D eigenvalue weighted by molar-refractivity contribution is 7.22. The summed E-state index contributed by atoms with van der Waals surface area (Å²) in [5, 5.41) is 15.7. The Hall–Kier alpha value is -7.76. The SMILES string of the molecule is C=CC(=O)OCCCCCCOc1ccc(OC(=O)C2CCC(C(=O)Oc3ccc(-c4ccc(OC(C)=O)cc4/C=N/N(CCCCCC)c4nc5ccccc5s4)c(/C=N/N(CCCCCC)c4nc5ccccc5s4)c3)CC2)cc1. The Bertz CT molecular complexity index is 3230. The first-order valence-electron chi connectivity index (χ1n) is 28.8. The van der Waals surface area contributed by atoms with Crippen molar-refractivity contribution in [2.75, 3.05) is 36.3 Å². The van der Waals surface area contributed by atoms with E-state index in [2.05, 4.69) is 32.6 Å². The fourth-order valence-corrected chi connectivity index (χ4v) is 11.5. The molecule has 0 unspecified atom stereocenters. The summed E-state index contributed by atoms with van der Waals surface area (Å²) < 4.78 is 30.7. The number of rotatable bonds is 31. The number of aromatic nitrogens is 2. The summed E-state index contributed by atoms with van der Waals surface area (Å²) in [6.45, 7) is 11.4. The Balaban J connectivity index is 1.00. The van der Waals surface area contributed by atoms with Crippen LogP contribution in [0.3, 0.4) is 0 Å². The minimum atomic E-state index is -0.444. The molecule has 1 fully saturated rings. The molecule has 0 saturated heterocycles. The molecule has 1 aliphatic rings. The second-order valence-corrected chi connectivity index (χ2v) is 22.4. The molecule has 7 aromatic rings. The molecule has 1 saturated carbocycles. The molecule has 0 radical (unpaired) electrons. The highest BCUT2D eigenvalue weighted by Gasteiger charge is 2.32. The third kappa shape index (κ3) is 17.9. The summed E-state index contributed by atoms with van der Waals surface area (Å²) in [4.78, 5) is 60.9. The number of benzene rings is 5. The van der Waals surface area contributed by atoms with Crippen LogP contribution in [0, 0.1) is 11.8 Å². The number of anilines is 2. The smallest absolute Gasteiger partial charge is 0.330 e. The second-order valence-electron chi connectivity index (χ2n) is 20.4. The van der Waals surface area contributed by atoms with Crippen LogP contribution >= 0.6 is 22.7 Å². The van der Waals surface area contributed by atoms with E-state index in [9.17, 15) is 19.2 Å². The van der Waals surface area contributed by atoms with E-state index in [1.807, 2.05) is 70.7 Å². The van der Waals surface area contributed by atoms with Crippen LogP contribution in [0.15, 0.2) is 132 Å². The first-order valence-corrected chi connectivity index (χ1v) is 30.5. The van der Waals surface area contributed by atoms with Crippen LogP contribution in [0.5, 0.6) is 23.0 Å². The molecule has 0 N–H and O–H groups in total. The van der Waals surface area contributed by atoms with Crippen molar-refractivity contribution in [3.63, 3.8) is 0 Å². The average Bonchev–Trinajstić information content (AvgIpc) is 4.28. The third-order valence-electron chi connectivity index (χ3n) is 14.1. The Labute approximate surface area is 489 Å². The first kappa shape index (κ1) is 60.3. The number of esters is 4. The maximum absolute atomic E-state index is 14.1. The van der Waals surface area contributed by atoms with Crippen LogP contribution in [0.4, 0.5) is 10.3 Å². The zero-order valence-electron chi connectivity index (χ0n) is 47.3. The fourth-order valence-electron chi connectivity index (χ4n) is 9.61. The minimum Gasteiger partial charge on any atom is -0.494 e. The molecule has 2 aromatic heterocycles. The Morgan fingerprint density at radius 1 is 0.561 bits per heavy atom. The summed E-state index contributed by atoms with van der Waals surface area (Å²) in [6, 6.07) is 34.2. The van der Waals surface area contributed by atoms with E-state index in [1.54, 1.807) is 71.5 Å². The predicted octanol–water partition coefficient (Wildman–Crippen LogP) is 15.3. The number of unbranched alkanes of at least 4 members (excludes halogenated alkanes) is 9. The molecule has 0 aliphatic heterocycles. The van der Waals surface area contributed by atoms with Gasteiger partial charge in [0.15, 0.2) is 0 Å². The molecule has 0 bridgehead atoms. The summed E-state index contributed by atoms with van der Waals surface area (Å²) >= 11 is 3.18. The van der Waals surface area contributed by atoms with Crippen LogP contribution in [0.1, 0.15) is 135 Å². The van der Waals surface area contributed by atoms with Crippen molar-refractivity contribution in [2.24, 2.45) is 22.0 Å². The molecule has 82 heavy (non-hydrogen) atoms. The minimum absolute atomic E-state index is 0.328. The number of fused-ring (bicyclic) bond motifs is 2. The van der Waals surface area contributed by atoms with Gasteiger partial charge in [0.1, 0.15) is 23.0 Å². The lowest BCUT2D eigenvalue weighted by Gasteiger charge is -2.26. The number of ether oxygens (including phenoxy) is 5. The van der Waals surface area contributed by atoms with Gasteiger partial charge in [-0.25, -0.2) is 24.8 Å². The largest absolute Gasteiger partial charge is 0.494 e. The highest BCUT2D eigenvalue weighted by atomic mass is 32.1. The van der Waals surface area contributed by atoms with Crippen LogP contribution in [0.25, 0.3) is 31.6 Å². The lowest BCUT2D eigenvalue weighted by atomic mass is 9.82. The van der Waals surface area contributed by atoms with Gasteiger partial charge >= 0.3 is 23.9 Å². The first-order chi connectivity index (χ1) is 40.1. The number of carbonyl (C=O) groups is 4. The van der Waals surface area contributed by atoms with Gasteiger partial charge in [0.2, 0.25) is 10.3 Å². The quantitative estimate of drug-likeness (QED) is 0.0100. The Morgan fingerprint density at radius 2 is 1.01 bits per heavy atom. The average molecular weight is 1150 g/mol. The van der Waals surface area contributed by atoms with Gasteiger partial charge in [-0.15, -0.1) is 0 Å². The molecule has 15 nitrogen and oxygen atoms in total. The maximum Gasteiger partial charge on any atom is 0.330 e. The van der Waals surface area contributed by atoms with E-state index in [0.29, 0.717) is 86.1 Å². The van der Waals surface area contributed by atoms with Crippen molar-refractivity contribution in [1.29, 1.82) is 0 Å². The number of hydrogen-bond acceptors (Lipinski definition) is 17. The molecule has 5 aromatic carbocycles.